The third kappa shape index (κ3) is 3.64. The Kier molecular flexibility index (Phi) is 4.73. The van der Waals surface area contributed by atoms with Crippen molar-refractivity contribution in [3.8, 4) is 10.6 Å². The lowest BCUT2D eigenvalue weighted by Gasteiger charge is -2.22. The SMILES string of the molecule is CC(=O)Nc1nc(C)c(-c2csc(NC3CCCCC3)n2)s1. The van der Waals surface area contributed by atoms with E-state index in [1.54, 1.807) is 11.3 Å². The Bertz CT molecular complexity index is 658. The number of nitrogens with one attached hydrogen (secondary N) is 2. The van der Waals surface area contributed by atoms with Crippen molar-refractivity contribution >= 4 is 38.8 Å². The number of rotatable bonds is 4. The van der Waals surface area contributed by atoms with Crippen molar-refractivity contribution in [3.05, 3.63) is 11.1 Å². The fourth-order valence-electron chi connectivity index (χ4n) is 2.70. The number of hydrogen-bond acceptors (Lipinski definition) is 6. The van der Waals surface area contributed by atoms with Gasteiger partial charge in [-0.1, -0.05) is 30.6 Å². The van der Waals surface area contributed by atoms with Crippen molar-refractivity contribution in [2.45, 2.75) is 52.0 Å². The van der Waals surface area contributed by atoms with E-state index >= 15 is 0 Å². The first-order valence-corrected chi connectivity index (χ1v) is 9.29. The molecule has 0 aromatic carbocycles. The Morgan fingerprint density at radius 3 is 2.73 bits per heavy atom. The van der Waals surface area contributed by atoms with E-state index in [9.17, 15) is 4.79 Å². The average molecular weight is 336 g/mol. The lowest BCUT2D eigenvalue weighted by Crippen LogP contribution is -2.21. The first kappa shape index (κ1) is 15.4. The molecule has 1 amide bonds. The summed E-state index contributed by atoms with van der Waals surface area (Å²) in [4.78, 5) is 21.2. The molecule has 7 heteroatoms. The Balaban J connectivity index is 1.72. The molecule has 2 N–H and O–H groups in total. The molecule has 1 saturated carbocycles. The number of carbonyl (C=O) groups is 1. The number of amides is 1. The fourth-order valence-corrected chi connectivity index (χ4v) is 4.53. The zero-order valence-electron chi connectivity index (χ0n) is 12.8. The molecule has 3 rings (SSSR count). The molecule has 22 heavy (non-hydrogen) atoms. The van der Waals surface area contributed by atoms with Crippen LogP contribution in [0.3, 0.4) is 0 Å². The minimum atomic E-state index is -0.0989. The van der Waals surface area contributed by atoms with E-state index in [0.29, 0.717) is 11.2 Å². The van der Waals surface area contributed by atoms with Gasteiger partial charge in [0.05, 0.1) is 16.3 Å². The molecule has 0 atom stereocenters. The molecule has 2 aromatic rings. The van der Waals surface area contributed by atoms with Crippen LogP contribution in [0.4, 0.5) is 10.3 Å². The van der Waals surface area contributed by atoms with Crippen LogP contribution in [0, 0.1) is 6.92 Å². The topological polar surface area (TPSA) is 66.9 Å². The molecule has 118 valence electrons. The Morgan fingerprint density at radius 1 is 1.23 bits per heavy atom. The third-order valence-corrected chi connectivity index (χ3v) is 5.62. The van der Waals surface area contributed by atoms with Crippen molar-refractivity contribution in [3.63, 3.8) is 0 Å². The zero-order chi connectivity index (χ0) is 15.5. The number of hydrogen-bond donors (Lipinski definition) is 2. The lowest BCUT2D eigenvalue weighted by atomic mass is 9.96. The van der Waals surface area contributed by atoms with Crippen molar-refractivity contribution in [2.75, 3.05) is 10.6 Å². The molecule has 5 nitrogen and oxygen atoms in total. The monoisotopic (exact) mass is 336 g/mol. The molecule has 1 fully saturated rings. The molecular formula is C15H20N4OS2. The van der Waals surface area contributed by atoms with E-state index in [4.69, 9.17) is 4.98 Å². The molecule has 0 unspecified atom stereocenters. The van der Waals surface area contributed by atoms with Gasteiger partial charge >= 0.3 is 0 Å². The Hall–Kier alpha value is -1.47. The maximum absolute atomic E-state index is 11.1. The van der Waals surface area contributed by atoms with Crippen LogP contribution in [0.15, 0.2) is 5.38 Å². The second-order valence-corrected chi connectivity index (χ2v) is 7.49. The summed E-state index contributed by atoms with van der Waals surface area (Å²) in [6.07, 6.45) is 6.45. The molecule has 2 heterocycles. The fraction of sp³-hybridized carbons (Fsp3) is 0.533. The summed E-state index contributed by atoms with van der Waals surface area (Å²) in [6, 6.07) is 0.560. The van der Waals surface area contributed by atoms with E-state index in [0.717, 1.165) is 21.4 Å². The van der Waals surface area contributed by atoms with E-state index in [1.165, 1.54) is 50.4 Å². The van der Waals surface area contributed by atoms with E-state index < -0.39 is 0 Å². The number of aromatic nitrogens is 2. The van der Waals surface area contributed by atoms with Gasteiger partial charge in [0, 0.05) is 18.3 Å². The summed E-state index contributed by atoms with van der Waals surface area (Å²) in [6.45, 7) is 3.44. The highest BCUT2D eigenvalue weighted by atomic mass is 32.1. The van der Waals surface area contributed by atoms with Crippen molar-refractivity contribution in [2.24, 2.45) is 0 Å². The van der Waals surface area contributed by atoms with Crippen LogP contribution in [-0.2, 0) is 4.79 Å². The predicted molar refractivity (Wildman–Crippen MR) is 92.8 cm³/mol. The molecule has 0 spiro atoms. The average Bonchev–Trinajstić information content (AvgIpc) is 3.06. The minimum absolute atomic E-state index is 0.0989. The Labute approximate surface area is 138 Å². The number of carbonyl (C=O) groups excluding carboxylic acids is 1. The van der Waals surface area contributed by atoms with Crippen LogP contribution in [0.2, 0.25) is 0 Å². The van der Waals surface area contributed by atoms with E-state index in [1.807, 2.05) is 6.92 Å². The smallest absolute Gasteiger partial charge is 0.223 e. The Morgan fingerprint density at radius 2 is 2.00 bits per heavy atom. The normalized spacial score (nSPS) is 15.7. The highest BCUT2D eigenvalue weighted by Crippen LogP contribution is 2.35. The number of thiazole rings is 2. The first-order chi connectivity index (χ1) is 10.6. The second-order valence-electron chi connectivity index (χ2n) is 5.63. The van der Waals surface area contributed by atoms with Gasteiger partial charge in [-0.05, 0) is 19.8 Å². The maximum atomic E-state index is 11.1. The van der Waals surface area contributed by atoms with Gasteiger partial charge in [0.15, 0.2) is 10.3 Å². The van der Waals surface area contributed by atoms with Crippen molar-refractivity contribution in [1.82, 2.24) is 9.97 Å². The molecule has 1 aliphatic carbocycles. The summed E-state index contributed by atoms with van der Waals surface area (Å²) in [7, 11) is 0. The van der Waals surface area contributed by atoms with Crippen LogP contribution < -0.4 is 10.6 Å². The summed E-state index contributed by atoms with van der Waals surface area (Å²) >= 11 is 3.11. The molecule has 0 radical (unpaired) electrons. The van der Waals surface area contributed by atoms with Gasteiger partial charge in [-0.3, -0.25) is 4.79 Å². The van der Waals surface area contributed by atoms with Gasteiger partial charge in [0.1, 0.15) is 0 Å². The van der Waals surface area contributed by atoms with Crippen LogP contribution >= 0.6 is 22.7 Å². The lowest BCUT2D eigenvalue weighted by molar-refractivity contribution is -0.114. The standard InChI is InChI=1S/C15H20N4OS2/c1-9-13(22-15(16-9)17-10(2)20)12-8-21-14(19-12)18-11-6-4-3-5-7-11/h8,11H,3-7H2,1-2H3,(H,18,19)(H,16,17,20). The van der Waals surface area contributed by atoms with Gasteiger partial charge in [-0.15, -0.1) is 11.3 Å². The van der Waals surface area contributed by atoms with Crippen LogP contribution in [0.5, 0.6) is 0 Å². The third-order valence-electron chi connectivity index (χ3n) is 3.75. The molecule has 1 aliphatic rings. The number of anilines is 2. The van der Waals surface area contributed by atoms with Crippen molar-refractivity contribution in [1.29, 1.82) is 0 Å². The van der Waals surface area contributed by atoms with Gasteiger partial charge < -0.3 is 10.6 Å². The van der Waals surface area contributed by atoms with E-state index in [-0.39, 0.29) is 5.91 Å². The summed E-state index contributed by atoms with van der Waals surface area (Å²) in [5, 5.41) is 9.96. The highest BCUT2D eigenvalue weighted by molar-refractivity contribution is 7.19. The van der Waals surface area contributed by atoms with E-state index in [2.05, 4.69) is 21.0 Å². The van der Waals surface area contributed by atoms with Gasteiger partial charge in [0.25, 0.3) is 0 Å². The number of nitrogens with zero attached hydrogens (tertiary/aromatic N) is 2. The first-order valence-electron chi connectivity index (χ1n) is 7.59. The van der Waals surface area contributed by atoms with Gasteiger partial charge in [0.2, 0.25) is 5.91 Å². The molecule has 2 aromatic heterocycles. The van der Waals surface area contributed by atoms with Gasteiger partial charge in [-0.25, -0.2) is 9.97 Å². The molecule has 0 aliphatic heterocycles. The van der Waals surface area contributed by atoms with Gasteiger partial charge in [-0.2, -0.15) is 0 Å². The summed E-state index contributed by atoms with van der Waals surface area (Å²) < 4.78 is 0. The van der Waals surface area contributed by atoms with Crippen LogP contribution in [0.1, 0.15) is 44.7 Å². The highest BCUT2D eigenvalue weighted by Gasteiger charge is 2.17. The van der Waals surface area contributed by atoms with Crippen molar-refractivity contribution < 1.29 is 4.79 Å². The quantitative estimate of drug-likeness (QED) is 0.874. The molecular weight excluding hydrogens is 316 g/mol. The largest absolute Gasteiger partial charge is 0.359 e. The zero-order valence-corrected chi connectivity index (χ0v) is 14.4. The number of aryl methyl sites for hydroxylation is 1. The maximum Gasteiger partial charge on any atom is 0.223 e. The van der Waals surface area contributed by atoms with Crippen LogP contribution in [0.25, 0.3) is 10.6 Å². The van der Waals surface area contributed by atoms with Crippen LogP contribution in [-0.4, -0.2) is 21.9 Å². The second kappa shape index (κ2) is 6.75. The minimum Gasteiger partial charge on any atom is -0.359 e. The molecule has 0 saturated heterocycles. The molecule has 0 bridgehead atoms. The summed E-state index contributed by atoms with van der Waals surface area (Å²) in [5.41, 5.74) is 1.85. The summed E-state index contributed by atoms with van der Waals surface area (Å²) in [5.74, 6) is -0.0989. The predicted octanol–water partition coefficient (Wildman–Crippen LogP) is 4.28.